The van der Waals surface area contributed by atoms with E-state index >= 15 is 0 Å². The Hall–Kier alpha value is -3.74. The number of aromatic amines is 1. The standard InChI is InChI=1S/C20H18N6O/c1-12-6-8-13(9-7-12)17-10-15(14-4-2-3-5-16(14)23-17)19(27)22-11-18-24-20(21)26-25-18/h2-10H,11H2,1H3,(H,22,27)(H3,21,24,25,26). The first-order chi connectivity index (χ1) is 13.1. The lowest BCUT2D eigenvalue weighted by Crippen LogP contribution is -2.24. The maximum Gasteiger partial charge on any atom is 0.252 e. The van der Waals surface area contributed by atoms with E-state index in [1.807, 2.05) is 61.5 Å². The number of anilines is 1. The summed E-state index contributed by atoms with van der Waals surface area (Å²) in [5.41, 5.74) is 9.70. The third-order valence-electron chi connectivity index (χ3n) is 4.27. The van der Waals surface area contributed by atoms with Gasteiger partial charge in [0.2, 0.25) is 5.95 Å². The van der Waals surface area contributed by atoms with Gasteiger partial charge in [-0.25, -0.2) is 4.98 Å². The zero-order valence-electron chi connectivity index (χ0n) is 14.7. The number of H-pyrrole nitrogens is 1. The molecule has 0 aliphatic heterocycles. The van der Waals surface area contributed by atoms with Crippen molar-refractivity contribution in [1.29, 1.82) is 0 Å². The third kappa shape index (κ3) is 3.48. The molecule has 0 atom stereocenters. The maximum atomic E-state index is 12.8. The predicted molar refractivity (Wildman–Crippen MR) is 104 cm³/mol. The van der Waals surface area contributed by atoms with Crippen LogP contribution in [0.25, 0.3) is 22.2 Å². The van der Waals surface area contributed by atoms with Gasteiger partial charge < -0.3 is 11.1 Å². The number of nitrogens with zero attached hydrogens (tertiary/aromatic N) is 3. The molecule has 0 bridgehead atoms. The number of fused-ring (bicyclic) bond motifs is 1. The van der Waals surface area contributed by atoms with E-state index in [1.165, 1.54) is 5.56 Å². The molecule has 2 aromatic heterocycles. The van der Waals surface area contributed by atoms with E-state index in [0.29, 0.717) is 11.4 Å². The number of aryl methyl sites for hydroxylation is 1. The lowest BCUT2D eigenvalue weighted by atomic mass is 10.0. The summed E-state index contributed by atoms with van der Waals surface area (Å²) in [5.74, 6) is 0.435. The molecule has 2 heterocycles. The first-order valence-corrected chi connectivity index (χ1v) is 8.52. The van der Waals surface area contributed by atoms with Crippen molar-refractivity contribution in [1.82, 2.24) is 25.5 Å². The Bertz CT molecular complexity index is 1120. The lowest BCUT2D eigenvalue weighted by molar-refractivity contribution is 0.0951. The van der Waals surface area contributed by atoms with Gasteiger partial charge >= 0.3 is 0 Å². The van der Waals surface area contributed by atoms with Gasteiger partial charge in [-0.15, -0.1) is 5.10 Å². The summed E-state index contributed by atoms with van der Waals surface area (Å²) in [6.07, 6.45) is 0. The van der Waals surface area contributed by atoms with Crippen molar-refractivity contribution in [2.24, 2.45) is 0 Å². The highest BCUT2D eigenvalue weighted by atomic mass is 16.1. The number of carbonyl (C=O) groups excluding carboxylic acids is 1. The van der Waals surface area contributed by atoms with E-state index in [9.17, 15) is 4.79 Å². The second-order valence-corrected chi connectivity index (χ2v) is 6.26. The van der Waals surface area contributed by atoms with Crippen LogP contribution in [0.3, 0.4) is 0 Å². The van der Waals surface area contributed by atoms with Crippen molar-refractivity contribution in [2.45, 2.75) is 13.5 Å². The Kier molecular flexibility index (Phi) is 4.25. The molecule has 27 heavy (non-hydrogen) atoms. The molecule has 0 aliphatic carbocycles. The fourth-order valence-corrected chi connectivity index (χ4v) is 2.88. The smallest absolute Gasteiger partial charge is 0.252 e. The molecule has 0 radical (unpaired) electrons. The average molecular weight is 358 g/mol. The molecule has 0 saturated carbocycles. The predicted octanol–water partition coefficient (Wildman–Crippen LogP) is 2.84. The number of aromatic nitrogens is 4. The summed E-state index contributed by atoms with van der Waals surface area (Å²) in [6.45, 7) is 2.24. The molecule has 0 fully saturated rings. The second-order valence-electron chi connectivity index (χ2n) is 6.26. The Morgan fingerprint density at radius 1 is 1.11 bits per heavy atom. The minimum absolute atomic E-state index is 0.148. The molecule has 134 valence electrons. The number of carbonyl (C=O) groups is 1. The molecule has 0 saturated heterocycles. The minimum atomic E-state index is -0.211. The van der Waals surface area contributed by atoms with Gasteiger partial charge in [-0.05, 0) is 19.1 Å². The van der Waals surface area contributed by atoms with Gasteiger partial charge in [-0.2, -0.15) is 4.98 Å². The number of pyridine rings is 1. The zero-order valence-corrected chi connectivity index (χ0v) is 14.7. The van der Waals surface area contributed by atoms with Crippen LogP contribution in [0, 0.1) is 6.92 Å². The first-order valence-electron chi connectivity index (χ1n) is 8.52. The summed E-state index contributed by atoms with van der Waals surface area (Å²) >= 11 is 0. The largest absolute Gasteiger partial charge is 0.367 e. The summed E-state index contributed by atoms with van der Waals surface area (Å²) in [4.78, 5) is 21.6. The van der Waals surface area contributed by atoms with Crippen LogP contribution in [0.5, 0.6) is 0 Å². The highest BCUT2D eigenvalue weighted by molar-refractivity contribution is 6.07. The van der Waals surface area contributed by atoms with Crippen LogP contribution in [-0.2, 0) is 6.54 Å². The molecule has 2 aromatic carbocycles. The average Bonchev–Trinajstić information content (AvgIpc) is 3.11. The van der Waals surface area contributed by atoms with E-state index in [2.05, 4.69) is 20.5 Å². The quantitative estimate of drug-likeness (QED) is 0.520. The van der Waals surface area contributed by atoms with Crippen LogP contribution in [-0.4, -0.2) is 26.1 Å². The van der Waals surface area contributed by atoms with Crippen LogP contribution < -0.4 is 11.1 Å². The van der Waals surface area contributed by atoms with Crippen molar-refractivity contribution in [3.05, 3.63) is 71.5 Å². The summed E-state index contributed by atoms with van der Waals surface area (Å²) in [7, 11) is 0. The Morgan fingerprint density at radius 2 is 1.89 bits per heavy atom. The van der Waals surface area contributed by atoms with Crippen molar-refractivity contribution in [3.63, 3.8) is 0 Å². The number of hydrogen-bond acceptors (Lipinski definition) is 5. The maximum absolute atomic E-state index is 12.8. The van der Waals surface area contributed by atoms with Gasteiger partial charge in [0.05, 0.1) is 23.3 Å². The van der Waals surface area contributed by atoms with E-state index in [-0.39, 0.29) is 18.4 Å². The van der Waals surface area contributed by atoms with Crippen LogP contribution >= 0.6 is 0 Å². The van der Waals surface area contributed by atoms with Gasteiger partial charge in [-0.3, -0.25) is 9.89 Å². The molecule has 0 spiro atoms. The molecule has 7 nitrogen and oxygen atoms in total. The summed E-state index contributed by atoms with van der Waals surface area (Å²) in [5, 5.41) is 10.1. The van der Waals surface area contributed by atoms with E-state index in [4.69, 9.17) is 10.7 Å². The number of benzene rings is 2. The Labute approximate surface area is 155 Å². The SMILES string of the molecule is Cc1ccc(-c2cc(C(=O)NCc3nc(N)n[nH]3)c3ccccc3n2)cc1. The van der Waals surface area contributed by atoms with E-state index < -0.39 is 0 Å². The van der Waals surface area contributed by atoms with Crippen molar-refractivity contribution >= 4 is 22.8 Å². The molecule has 4 N–H and O–H groups in total. The molecule has 0 aliphatic rings. The molecule has 7 heteroatoms. The van der Waals surface area contributed by atoms with E-state index in [1.54, 1.807) is 0 Å². The summed E-state index contributed by atoms with van der Waals surface area (Å²) in [6, 6.07) is 17.5. The fourth-order valence-electron chi connectivity index (χ4n) is 2.88. The van der Waals surface area contributed by atoms with Crippen LogP contribution in [0.4, 0.5) is 5.95 Å². The number of nitrogen functional groups attached to an aromatic ring is 1. The molecule has 4 aromatic rings. The topological polar surface area (TPSA) is 110 Å². The normalized spacial score (nSPS) is 10.9. The minimum Gasteiger partial charge on any atom is -0.367 e. The van der Waals surface area contributed by atoms with Crippen LogP contribution in [0.1, 0.15) is 21.7 Å². The van der Waals surface area contributed by atoms with E-state index in [0.717, 1.165) is 22.2 Å². The Morgan fingerprint density at radius 3 is 2.63 bits per heavy atom. The van der Waals surface area contributed by atoms with Gasteiger partial charge in [0, 0.05) is 10.9 Å². The van der Waals surface area contributed by atoms with Gasteiger partial charge in [-0.1, -0.05) is 48.0 Å². The zero-order chi connectivity index (χ0) is 18.8. The number of hydrogen-bond donors (Lipinski definition) is 3. The van der Waals surface area contributed by atoms with Crippen molar-refractivity contribution < 1.29 is 4.79 Å². The number of nitrogens with two attached hydrogens (primary N) is 1. The molecular weight excluding hydrogens is 340 g/mol. The molecule has 4 rings (SSSR count). The van der Waals surface area contributed by atoms with Crippen LogP contribution in [0.15, 0.2) is 54.6 Å². The third-order valence-corrected chi connectivity index (χ3v) is 4.27. The van der Waals surface area contributed by atoms with Crippen LogP contribution in [0.2, 0.25) is 0 Å². The molecule has 1 amide bonds. The van der Waals surface area contributed by atoms with Gasteiger partial charge in [0.25, 0.3) is 5.91 Å². The van der Waals surface area contributed by atoms with Gasteiger partial charge in [0.1, 0.15) is 5.82 Å². The van der Waals surface area contributed by atoms with Gasteiger partial charge in [0.15, 0.2) is 0 Å². The number of nitrogens with one attached hydrogen (secondary N) is 2. The first kappa shape index (κ1) is 16.7. The fraction of sp³-hybridized carbons (Fsp3) is 0.100. The summed E-state index contributed by atoms with van der Waals surface area (Å²) < 4.78 is 0. The second kappa shape index (κ2) is 6.87. The highest BCUT2D eigenvalue weighted by Crippen LogP contribution is 2.25. The number of amides is 1. The van der Waals surface area contributed by atoms with Crippen molar-refractivity contribution in [3.8, 4) is 11.3 Å². The molecular formula is C20H18N6O. The molecule has 0 unspecified atom stereocenters. The number of para-hydroxylation sites is 1. The Balaban J connectivity index is 1.71. The highest BCUT2D eigenvalue weighted by Gasteiger charge is 2.14. The number of rotatable bonds is 4. The van der Waals surface area contributed by atoms with Crippen molar-refractivity contribution in [2.75, 3.05) is 5.73 Å². The monoisotopic (exact) mass is 358 g/mol. The lowest BCUT2D eigenvalue weighted by Gasteiger charge is -2.10.